The Balaban J connectivity index is 1.48. The smallest absolute Gasteiger partial charge is 0.0737 e. The maximum atomic E-state index is 5.98. The number of aromatic amines is 2. The molecular formula is C80H97N4-. The molecule has 0 amide bonds. The summed E-state index contributed by atoms with van der Waals surface area (Å²) in [5.74, 6) is 0. The van der Waals surface area contributed by atoms with Gasteiger partial charge in [0.05, 0.1) is 22.5 Å². The van der Waals surface area contributed by atoms with Gasteiger partial charge in [-0.05, 0) is 170 Å². The molecule has 0 radical (unpaired) electrons. The summed E-state index contributed by atoms with van der Waals surface area (Å²) in [7, 11) is 0. The fraction of sp³-hybridized carbons (Fsp3) is 0.412. The van der Waals surface area contributed by atoms with Crippen LogP contribution in [0.5, 0.6) is 0 Å². The number of aliphatic imine (C=N–C) groups is 1. The molecule has 0 unspecified atom stereocenters. The van der Waals surface area contributed by atoms with E-state index in [2.05, 4.69) is 304 Å². The van der Waals surface area contributed by atoms with E-state index in [1.165, 1.54) is 60.9 Å². The number of aromatic nitrogens is 3. The molecule has 2 aliphatic heterocycles. The predicted molar refractivity (Wildman–Crippen MR) is 362 cm³/mol. The van der Waals surface area contributed by atoms with Crippen molar-refractivity contribution in [1.29, 1.82) is 0 Å². The minimum absolute atomic E-state index is 0.109. The van der Waals surface area contributed by atoms with Gasteiger partial charge in [-0.2, -0.15) is 0 Å². The second-order valence-corrected chi connectivity index (χ2v) is 33.1. The molecule has 1 aliphatic carbocycles. The lowest BCUT2D eigenvalue weighted by atomic mass is 9.78. The largest absolute Gasteiger partial charge is 0.657 e. The zero-order valence-electron chi connectivity index (χ0n) is 55.9. The van der Waals surface area contributed by atoms with Crippen molar-refractivity contribution in [2.24, 2.45) is 4.99 Å². The lowest BCUT2D eigenvalue weighted by Crippen LogP contribution is -2.28. The molecule has 0 saturated carbocycles. The van der Waals surface area contributed by atoms with E-state index < -0.39 is 0 Å². The summed E-state index contributed by atoms with van der Waals surface area (Å²) in [5.41, 5.74) is 25.4. The molecule has 5 heterocycles. The van der Waals surface area contributed by atoms with Crippen LogP contribution in [0.2, 0.25) is 0 Å². The van der Waals surface area contributed by atoms with E-state index in [0.717, 1.165) is 89.1 Å². The van der Waals surface area contributed by atoms with Gasteiger partial charge in [-0.1, -0.05) is 251 Å². The number of fused-ring (bicyclic) bond motifs is 10. The number of nitrogens with one attached hydrogen (secondary N) is 2. The third-order valence-corrected chi connectivity index (χ3v) is 17.7. The van der Waals surface area contributed by atoms with Gasteiger partial charge in [0, 0.05) is 32.6 Å². The molecule has 8 bridgehead atoms. The van der Waals surface area contributed by atoms with E-state index in [0.29, 0.717) is 0 Å². The van der Waals surface area contributed by atoms with Crippen molar-refractivity contribution < 1.29 is 0 Å². The molecule has 0 saturated heterocycles. The van der Waals surface area contributed by atoms with E-state index in [4.69, 9.17) is 9.98 Å². The number of hydrogen-bond donors (Lipinski definition) is 2. The number of allylic oxidation sites excluding steroid dienone is 3. The van der Waals surface area contributed by atoms with E-state index in [9.17, 15) is 0 Å². The van der Waals surface area contributed by atoms with Gasteiger partial charge < -0.3 is 15.0 Å². The first-order valence-electron chi connectivity index (χ1n) is 31.0. The van der Waals surface area contributed by atoms with Crippen molar-refractivity contribution in [3.63, 3.8) is 0 Å². The lowest BCUT2D eigenvalue weighted by molar-refractivity contribution is 0.567. The minimum atomic E-state index is -0.120. The Morgan fingerprint density at radius 1 is 0.345 bits per heavy atom. The summed E-state index contributed by atoms with van der Waals surface area (Å²) in [6.45, 7) is 58.2. The molecule has 0 atom stereocenters. The Morgan fingerprint density at radius 2 is 0.679 bits per heavy atom. The summed E-state index contributed by atoms with van der Waals surface area (Å²) >= 11 is 0. The Kier molecular flexibility index (Phi) is 14.4. The molecule has 3 aromatic heterocycles. The summed E-state index contributed by atoms with van der Waals surface area (Å²) in [6, 6.07) is 38.3. The molecule has 7 aromatic rings. The third-order valence-electron chi connectivity index (χ3n) is 17.7. The highest BCUT2D eigenvalue weighted by atomic mass is 14.8. The number of nitrogens with zero attached hydrogens (tertiary/aromatic N) is 2. The molecule has 0 spiro atoms. The zero-order chi connectivity index (χ0) is 61.6. The Hall–Kier alpha value is -6.91. The standard InChI is InChI=1S/C80H97N4/c1-46-32-59-60(33-46)72-70(50-40-57(79(20,21)22)45-58(41-50)80(23,24)25)66-31-29-64(83-66)68(48-36-53(75(8,9)10)43-54(37-48)76(11,12)13)62-27-26-61(81-62)67(47-34-51(73(2,3)4)42-52(35-47)74(5,6)7)63-28-30-65(82-63)69(71(59)84-72)49-38-55(77(14,15)16)44-56(39-49)78(17,18)19/h26-45,81,84H,1-25H3/q-1. The fourth-order valence-electron chi connectivity index (χ4n) is 12.0. The molecule has 438 valence electrons. The summed E-state index contributed by atoms with van der Waals surface area (Å²) in [5, 5.41) is 4.23. The first-order valence-corrected chi connectivity index (χ1v) is 31.0. The fourth-order valence-corrected chi connectivity index (χ4v) is 12.0. The number of benzene rings is 4. The first kappa shape index (κ1) is 60.2. The van der Waals surface area contributed by atoms with Crippen molar-refractivity contribution >= 4 is 40.2 Å². The molecule has 10 rings (SSSR count). The molecule has 3 aliphatic rings. The van der Waals surface area contributed by atoms with Crippen LogP contribution in [0, 0.1) is 0 Å². The predicted octanol–water partition coefficient (Wildman–Crippen LogP) is 17.4. The van der Waals surface area contributed by atoms with Crippen molar-refractivity contribution in [2.45, 2.75) is 216 Å². The Morgan fingerprint density at radius 3 is 1.06 bits per heavy atom. The normalized spacial score (nSPS) is 15.5. The highest BCUT2D eigenvalue weighted by molar-refractivity contribution is 6.30. The quantitative estimate of drug-likeness (QED) is 0.181. The topological polar surface area (TPSA) is 58.0 Å². The molecule has 0 fully saturated rings. The average Bonchev–Trinajstić information content (AvgIpc) is 1.71. The second kappa shape index (κ2) is 20.1. The van der Waals surface area contributed by atoms with Crippen LogP contribution in [0.3, 0.4) is 0 Å². The van der Waals surface area contributed by atoms with E-state index in [-0.39, 0.29) is 43.3 Å². The molecule has 4 heteroatoms. The average molecular weight is 1110 g/mol. The van der Waals surface area contributed by atoms with Gasteiger partial charge in [0.1, 0.15) is 0 Å². The van der Waals surface area contributed by atoms with Gasteiger partial charge in [-0.25, -0.2) is 4.99 Å². The van der Waals surface area contributed by atoms with E-state index in [1.54, 1.807) is 0 Å². The van der Waals surface area contributed by atoms with Gasteiger partial charge in [-0.15, -0.1) is 11.4 Å². The minimum Gasteiger partial charge on any atom is -0.657 e. The van der Waals surface area contributed by atoms with Gasteiger partial charge >= 0.3 is 0 Å². The van der Waals surface area contributed by atoms with Gasteiger partial charge in [-0.3, -0.25) is 0 Å². The van der Waals surface area contributed by atoms with Crippen LogP contribution in [0.4, 0.5) is 0 Å². The van der Waals surface area contributed by atoms with Gasteiger partial charge in [0.15, 0.2) is 0 Å². The van der Waals surface area contributed by atoms with Crippen LogP contribution < -0.4 is 26.3 Å². The molecule has 4 nitrogen and oxygen atoms in total. The van der Waals surface area contributed by atoms with Crippen LogP contribution in [0.25, 0.3) is 34.4 Å². The zero-order valence-corrected chi connectivity index (χ0v) is 55.9. The molecule has 4 aromatic carbocycles. The third kappa shape index (κ3) is 11.7. The number of H-pyrrole nitrogens is 2. The van der Waals surface area contributed by atoms with Gasteiger partial charge in [0.2, 0.25) is 0 Å². The van der Waals surface area contributed by atoms with Crippen LogP contribution in [-0.4, -0.2) is 15.7 Å². The van der Waals surface area contributed by atoms with Crippen LogP contribution in [-0.2, 0) is 43.3 Å². The highest BCUT2D eigenvalue weighted by Crippen LogP contribution is 2.42. The van der Waals surface area contributed by atoms with Crippen LogP contribution >= 0.6 is 0 Å². The summed E-state index contributed by atoms with van der Waals surface area (Å²) in [4.78, 5) is 20.4. The lowest BCUT2D eigenvalue weighted by Gasteiger charge is -2.28. The highest BCUT2D eigenvalue weighted by Gasteiger charge is 2.31. The molecular weight excluding hydrogens is 1020 g/mol. The summed E-state index contributed by atoms with van der Waals surface area (Å²) in [6.07, 6.45) is 9.34. The Bertz CT molecular complexity index is 4100. The second-order valence-electron chi connectivity index (χ2n) is 33.1. The Labute approximate surface area is 505 Å². The first-order chi connectivity index (χ1) is 38.5. The maximum absolute atomic E-state index is 5.98. The summed E-state index contributed by atoms with van der Waals surface area (Å²) < 4.78 is 0. The maximum Gasteiger partial charge on any atom is 0.0737 e. The van der Waals surface area contributed by atoms with E-state index >= 15 is 0 Å². The van der Waals surface area contributed by atoms with Crippen molar-refractivity contribution in [3.8, 4) is 0 Å². The van der Waals surface area contributed by atoms with Crippen molar-refractivity contribution in [3.05, 3.63) is 231 Å². The number of rotatable bonds is 4. The number of hydrogen-bond acceptors (Lipinski definition) is 1. The SMILES string of the molecule is CC1=Cc2c3[nH]c(c2=C1)=C(c1cc(C(C)(C)C)cc(C(C)(C)C)c1)c1ccc([n-]1)C(c1cc(C(C)(C)C)cc(C(C)(C)C)c1)=c1ccc([nH]1)=C(c1cc(C(C)(C)C)cc(C(C)(C)C)c1)C1=NC(=C3c2cc(C(C)(C)C)cc(C(C)(C)C)c2)C=C1. The van der Waals surface area contributed by atoms with E-state index in [1.807, 2.05) is 0 Å². The van der Waals surface area contributed by atoms with Crippen molar-refractivity contribution in [2.75, 3.05) is 0 Å². The van der Waals surface area contributed by atoms with Crippen LogP contribution in [0.1, 0.15) is 263 Å². The monoisotopic (exact) mass is 1110 g/mol. The molecule has 84 heavy (non-hydrogen) atoms. The molecule has 2 N–H and O–H groups in total. The van der Waals surface area contributed by atoms with Crippen molar-refractivity contribution in [1.82, 2.24) is 15.0 Å². The van der Waals surface area contributed by atoms with Gasteiger partial charge in [0.25, 0.3) is 0 Å². The van der Waals surface area contributed by atoms with Crippen LogP contribution in [0.15, 0.2) is 125 Å².